The molecule has 0 aliphatic carbocycles. The van der Waals surface area contributed by atoms with Gasteiger partial charge in [-0.05, 0) is 68.6 Å². The van der Waals surface area contributed by atoms with Crippen molar-refractivity contribution in [1.82, 2.24) is 14.9 Å². The number of para-hydroxylation sites is 1. The molecule has 0 spiro atoms. The Morgan fingerprint density at radius 1 is 1.03 bits per heavy atom. The van der Waals surface area contributed by atoms with E-state index < -0.39 is 0 Å². The lowest BCUT2D eigenvalue weighted by molar-refractivity contribution is 0.284. The Bertz CT molecular complexity index is 1160. The van der Waals surface area contributed by atoms with E-state index in [-0.39, 0.29) is 0 Å². The van der Waals surface area contributed by atoms with Crippen molar-refractivity contribution in [3.8, 4) is 22.3 Å². The molecule has 1 N–H and O–H groups in total. The van der Waals surface area contributed by atoms with Gasteiger partial charge in [0, 0.05) is 57.2 Å². The van der Waals surface area contributed by atoms with Gasteiger partial charge in [-0.25, -0.2) is 0 Å². The summed E-state index contributed by atoms with van der Waals surface area (Å²) in [6.45, 7) is 4.59. The van der Waals surface area contributed by atoms with Gasteiger partial charge in [0.2, 0.25) is 0 Å². The van der Waals surface area contributed by atoms with Gasteiger partial charge in [0.1, 0.15) is 0 Å². The second-order valence-electron chi connectivity index (χ2n) is 8.28. The minimum atomic E-state index is 0.448. The van der Waals surface area contributed by atoms with Gasteiger partial charge in [0.05, 0.1) is 0 Å². The van der Waals surface area contributed by atoms with Crippen LogP contribution in [0.2, 0.25) is 5.02 Å². The quantitative estimate of drug-likeness (QED) is 0.407. The van der Waals surface area contributed by atoms with Crippen molar-refractivity contribution in [2.75, 3.05) is 13.1 Å². The maximum absolute atomic E-state index is 6.07. The molecule has 0 radical (unpaired) electrons. The van der Waals surface area contributed by atoms with Gasteiger partial charge < -0.3 is 9.88 Å². The van der Waals surface area contributed by atoms with Crippen LogP contribution in [0.5, 0.6) is 0 Å². The highest BCUT2D eigenvalue weighted by Gasteiger charge is 2.23. The third-order valence-corrected chi connectivity index (χ3v) is 6.68. The fourth-order valence-corrected chi connectivity index (χ4v) is 4.80. The lowest BCUT2D eigenvalue weighted by Crippen LogP contribution is -2.34. The number of aromatic nitrogens is 2. The summed E-state index contributed by atoms with van der Waals surface area (Å²) in [5.41, 5.74) is 5.91. The van der Waals surface area contributed by atoms with E-state index in [1.807, 2.05) is 36.7 Å². The van der Waals surface area contributed by atoms with E-state index >= 15 is 0 Å². The van der Waals surface area contributed by atoms with E-state index in [4.69, 9.17) is 11.6 Å². The summed E-state index contributed by atoms with van der Waals surface area (Å²) in [6, 6.07) is 19.3. The van der Waals surface area contributed by atoms with Gasteiger partial charge in [0.15, 0.2) is 0 Å². The van der Waals surface area contributed by atoms with Crippen molar-refractivity contribution >= 4 is 22.5 Å². The predicted octanol–water partition coefficient (Wildman–Crippen LogP) is 6.58. The zero-order valence-electron chi connectivity index (χ0n) is 17.2. The average molecular weight is 416 g/mol. The van der Waals surface area contributed by atoms with Crippen LogP contribution in [0.3, 0.4) is 0 Å². The third-order valence-electron chi connectivity index (χ3n) is 6.42. The largest absolute Gasteiger partial charge is 0.344 e. The SMILES string of the molecule is CC(C1CCCNC1)n1cc(-c2cncc(-c3ccc(Cl)cc3)c2)c2ccccc21. The molecule has 2 aromatic carbocycles. The summed E-state index contributed by atoms with van der Waals surface area (Å²) in [5.74, 6) is 0.654. The van der Waals surface area contributed by atoms with Gasteiger partial charge in [-0.15, -0.1) is 0 Å². The first-order chi connectivity index (χ1) is 14.7. The van der Waals surface area contributed by atoms with E-state index in [2.05, 4.69) is 58.3 Å². The number of benzene rings is 2. The van der Waals surface area contributed by atoms with E-state index in [0.29, 0.717) is 12.0 Å². The van der Waals surface area contributed by atoms with Crippen LogP contribution in [0.1, 0.15) is 25.8 Å². The molecule has 5 rings (SSSR count). The van der Waals surface area contributed by atoms with Crippen LogP contribution in [0.4, 0.5) is 0 Å². The number of fused-ring (bicyclic) bond motifs is 1. The van der Waals surface area contributed by atoms with Gasteiger partial charge in [0.25, 0.3) is 0 Å². The van der Waals surface area contributed by atoms with Crippen LogP contribution in [0.15, 0.2) is 73.2 Å². The van der Waals surface area contributed by atoms with Crippen molar-refractivity contribution in [3.63, 3.8) is 0 Å². The van der Waals surface area contributed by atoms with E-state index in [9.17, 15) is 0 Å². The lowest BCUT2D eigenvalue weighted by atomic mass is 9.92. The van der Waals surface area contributed by atoms with Crippen LogP contribution in [0, 0.1) is 5.92 Å². The van der Waals surface area contributed by atoms with Crippen LogP contribution in [0.25, 0.3) is 33.2 Å². The van der Waals surface area contributed by atoms with Crippen molar-refractivity contribution in [2.24, 2.45) is 5.92 Å². The average Bonchev–Trinajstić information content (AvgIpc) is 3.19. The minimum Gasteiger partial charge on any atom is -0.344 e. The number of nitrogens with one attached hydrogen (secondary N) is 1. The highest BCUT2D eigenvalue weighted by molar-refractivity contribution is 6.30. The van der Waals surface area contributed by atoms with Crippen LogP contribution in [-0.2, 0) is 0 Å². The van der Waals surface area contributed by atoms with Crippen LogP contribution >= 0.6 is 11.6 Å². The first-order valence-electron chi connectivity index (χ1n) is 10.7. The van der Waals surface area contributed by atoms with Crippen molar-refractivity contribution in [2.45, 2.75) is 25.8 Å². The second kappa shape index (κ2) is 8.25. The summed E-state index contributed by atoms with van der Waals surface area (Å²) in [7, 11) is 0. The monoisotopic (exact) mass is 415 g/mol. The molecule has 4 aromatic rings. The maximum Gasteiger partial charge on any atom is 0.0489 e. The fraction of sp³-hybridized carbons (Fsp3) is 0.269. The molecule has 30 heavy (non-hydrogen) atoms. The summed E-state index contributed by atoms with van der Waals surface area (Å²) in [5, 5.41) is 5.60. The summed E-state index contributed by atoms with van der Waals surface area (Å²) in [6.07, 6.45) is 8.75. The number of nitrogens with zero attached hydrogens (tertiary/aromatic N) is 2. The summed E-state index contributed by atoms with van der Waals surface area (Å²) >= 11 is 6.07. The second-order valence-corrected chi connectivity index (χ2v) is 8.72. The molecule has 2 atom stereocenters. The molecule has 0 amide bonds. The number of halogens is 1. The Hall–Kier alpha value is -2.62. The van der Waals surface area contributed by atoms with Gasteiger partial charge >= 0.3 is 0 Å². The van der Waals surface area contributed by atoms with E-state index in [1.54, 1.807) is 0 Å². The van der Waals surface area contributed by atoms with Gasteiger partial charge in [-0.2, -0.15) is 0 Å². The number of hydrogen-bond donors (Lipinski definition) is 1. The van der Waals surface area contributed by atoms with E-state index in [1.165, 1.54) is 29.3 Å². The molecule has 0 saturated carbocycles. The Kier molecular flexibility index (Phi) is 5.32. The molecule has 2 aromatic heterocycles. The standard InChI is InChI=1S/C26H26ClN3/c1-18(20-5-4-12-28-14-20)30-17-25(24-6-2-3-7-26(24)30)22-13-21(15-29-16-22)19-8-10-23(27)11-9-19/h2-3,6-11,13,15-18,20,28H,4-5,12,14H2,1H3. The number of hydrogen-bond acceptors (Lipinski definition) is 2. The van der Waals surface area contributed by atoms with Crippen molar-refractivity contribution in [1.29, 1.82) is 0 Å². The molecule has 1 aliphatic rings. The molecule has 1 fully saturated rings. The molecule has 0 bridgehead atoms. The zero-order valence-corrected chi connectivity index (χ0v) is 17.9. The summed E-state index contributed by atoms with van der Waals surface area (Å²) in [4.78, 5) is 4.56. The molecule has 4 heteroatoms. The zero-order chi connectivity index (χ0) is 20.5. The molecule has 1 saturated heterocycles. The number of pyridine rings is 1. The number of piperidine rings is 1. The predicted molar refractivity (Wildman–Crippen MR) is 126 cm³/mol. The van der Waals surface area contributed by atoms with Crippen LogP contribution < -0.4 is 5.32 Å². The molecule has 1 aliphatic heterocycles. The Balaban J connectivity index is 1.58. The fourth-order valence-electron chi connectivity index (χ4n) is 4.68. The Labute approximate surface area is 182 Å². The topological polar surface area (TPSA) is 29.9 Å². The third kappa shape index (κ3) is 3.64. The van der Waals surface area contributed by atoms with Crippen LogP contribution in [-0.4, -0.2) is 22.6 Å². The molecule has 152 valence electrons. The molecule has 3 nitrogen and oxygen atoms in total. The molecular weight excluding hydrogens is 390 g/mol. The Morgan fingerprint density at radius 2 is 1.83 bits per heavy atom. The molecular formula is C26H26ClN3. The first kappa shape index (κ1) is 19.3. The summed E-state index contributed by atoms with van der Waals surface area (Å²) < 4.78 is 2.47. The highest BCUT2D eigenvalue weighted by Crippen LogP contribution is 2.36. The lowest BCUT2D eigenvalue weighted by Gasteiger charge is -2.30. The highest BCUT2D eigenvalue weighted by atomic mass is 35.5. The normalized spacial score (nSPS) is 17.9. The molecule has 3 heterocycles. The molecule has 2 unspecified atom stereocenters. The van der Waals surface area contributed by atoms with Gasteiger partial charge in [-0.3, -0.25) is 4.98 Å². The van der Waals surface area contributed by atoms with E-state index in [0.717, 1.165) is 34.8 Å². The smallest absolute Gasteiger partial charge is 0.0489 e. The first-order valence-corrected chi connectivity index (χ1v) is 11.1. The number of rotatable bonds is 4. The van der Waals surface area contributed by atoms with Crippen molar-refractivity contribution < 1.29 is 0 Å². The maximum atomic E-state index is 6.07. The minimum absolute atomic E-state index is 0.448. The Morgan fingerprint density at radius 3 is 2.63 bits per heavy atom. The van der Waals surface area contributed by atoms with Crippen molar-refractivity contribution in [3.05, 3.63) is 78.2 Å². The van der Waals surface area contributed by atoms with Gasteiger partial charge in [-0.1, -0.05) is 41.9 Å².